The Morgan fingerprint density at radius 3 is 2.70 bits per heavy atom. The Morgan fingerprint density at radius 1 is 1.26 bits per heavy atom. The van der Waals surface area contributed by atoms with Crippen molar-refractivity contribution in [1.29, 1.82) is 5.26 Å². The Kier molecular flexibility index (Phi) is 4.99. The summed E-state index contributed by atoms with van der Waals surface area (Å²) < 4.78 is 10.7. The first-order valence-corrected chi connectivity index (χ1v) is 8.34. The summed E-state index contributed by atoms with van der Waals surface area (Å²) in [5.41, 5.74) is 2.50. The number of aromatic amines is 1. The van der Waals surface area contributed by atoms with Crippen LogP contribution in [0.25, 0.3) is 10.9 Å². The van der Waals surface area contributed by atoms with E-state index in [1.54, 1.807) is 26.2 Å². The number of ether oxygens (including phenoxy) is 2. The average Bonchev–Trinajstić information content (AvgIpc) is 2.67. The molecule has 0 aliphatic heterocycles. The Bertz CT molecular complexity index is 1100. The van der Waals surface area contributed by atoms with Crippen LogP contribution in [0.15, 0.2) is 35.1 Å². The van der Waals surface area contributed by atoms with Gasteiger partial charge in [0.15, 0.2) is 11.5 Å². The van der Waals surface area contributed by atoms with Gasteiger partial charge in [-0.2, -0.15) is 5.26 Å². The molecule has 0 fully saturated rings. The molecule has 138 valence electrons. The SMILES string of the molecule is COc1cc2nc(N(C)Cc3cccc(C#N)c3)[nH]c(=O)c2c(C)c1OC. The molecule has 1 heterocycles. The molecular formula is C20H20N4O3. The van der Waals surface area contributed by atoms with Crippen LogP contribution in [0, 0.1) is 18.3 Å². The van der Waals surface area contributed by atoms with Crippen molar-refractivity contribution in [3.63, 3.8) is 0 Å². The van der Waals surface area contributed by atoms with Crippen LogP contribution in [-0.4, -0.2) is 31.2 Å². The van der Waals surface area contributed by atoms with E-state index >= 15 is 0 Å². The summed E-state index contributed by atoms with van der Waals surface area (Å²) in [7, 11) is 4.91. The molecule has 0 bridgehead atoms. The number of nitrogens with one attached hydrogen (secondary N) is 1. The topological polar surface area (TPSA) is 91.2 Å². The number of aryl methyl sites for hydroxylation is 1. The first-order chi connectivity index (χ1) is 13.0. The van der Waals surface area contributed by atoms with Gasteiger partial charge in [0, 0.05) is 25.2 Å². The van der Waals surface area contributed by atoms with E-state index in [4.69, 9.17) is 14.7 Å². The molecule has 0 amide bonds. The quantitative estimate of drug-likeness (QED) is 0.748. The van der Waals surface area contributed by atoms with E-state index in [1.165, 1.54) is 7.11 Å². The molecule has 1 aromatic heterocycles. The summed E-state index contributed by atoms with van der Waals surface area (Å²) in [5, 5.41) is 9.51. The van der Waals surface area contributed by atoms with Crippen LogP contribution >= 0.6 is 0 Å². The van der Waals surface area contributed by atoms with Crippen LogP contribution in [0.4, 0.5) is 5.95 Å². The van der Waals surface area contributed by atoms with Crippen molar-refractivity contribution in [3.05, 3.63) is 57.4 Å². The molecule has 0 aliphatic carbocycles. The molecule has 0 saturated carbocycles. The van der Waals surface area contributed by atoms with E-state index in [-0.39, 0.29) is 5.56 Å². The van der Waals surface area contributed by atoms with Gasteiger partial charge in [-0.3, -0.25) is 9.78 Å². The van der Waals surface area contributed by atoms with Crippen molar-refractivity contribution >= 4 is 16.9 Å². The van der Waals surface area contributed by atoms with Crippen LogP contribution in [0.1, 0.15) is 16.7 Å². The molecule has 3 rings (SSSR count). The molecule has 0 radical (unpaired) electrons. The van der Waals surface area contributed by atoms with Crippen LogP contribution in [-0.2, 0) is 6.54 Å². The van der Waals surface area contributed by atoms with Crippen LogP contribution in [0.3, 0.4) is 0 Å². The predicted octanol–water partition coefficient (Wildman–Crippen LogP) is 2.76. The van der Waals surface area contributed by atoms with Crippen molar-refractivity contribution < 1.29 is 9.47 Å². The largest absolute Gasteiger partial charge is 0.493 e. The number of hydrogen-bond donors (Lipinski definition) is 1. The highest BCUT2D eigenvalue weighted by Gasteiger charge is 2.17. The van der Waals surface area contributed by atoms with E-state index in [9.17, 15) is 4.79 Å². The lowest BCUT2D eigenvalue weighted by atomic mass is 10.1. The zero-order chi connectivity index (χ0) is 19.6. The highest BCUT2D eigenvalue weighted by atomic mass is 16.5. The number of H-pyrrole nitrogens is 1. The van der Waals surface area contributed by atoms with E-state index in [0.717, 1.165) is 5.56 Å². The average molecular weight is 364 g/mol. The molecule has 0 aliphatic rings. The number of aromatic nitrogens is 2. The molecule has 7 heteroatoms. The number of hydrogen-bond acceptors (Lipinski definition) is 6. The highest BCUT2D eigenvalue weighted by Crippen LogP contribution is 2.35. The lowest BCUT2D eigenvalue weighted by Gasteiger charge is -2.19. The van der Waals surface area contributed by atoms with Crippen LogP contribution < -0.4 is 19.9 Å². The van der Waals surface area contributed by atoms with E-state index in [2.05, 4.69) is 16.0 Å². The van der Waals surface area contributed by atoms with Crippen molar-refractivity contribution in [2.45, 2.75) is 13.5 Å². The fraction of sp³-hybridized carbons (Fsp3) is 0.250. The van der Waals surface area contributed by atoms with Gasteiger partial charge in [-0.05, 0) is 24.6 Å². The number of rotatable bonds is 5. The Labute approximate surface area is 156 Å². The smallest absolute Gasteiger partial charge is 0.260 e. The zero-order valence-corrected chi connectivity index (χ0v) is 15.7. The minimum atomic E-state index is -0.244. The summed E-state index contributed by atoms with van der Waals surface area (Å²) >= 11 is 0. The number of benzene rings is 2. The number of methoxy groups -OCH3 is 2. The first-order valence-electron chi connectivity index (χ1n) is 8.34. The Hall–Kier alpha value is -3.53. The van der Waals surface area contributed by atoms with Crippen LogP contribution in [0.5, 0.6) is 11.5 Å². The molecule has 0 spiro atoms. The Balaban J connectivity index is 2.05. The summed E-state index contributed by atoms with van der Waals surface area (Å²) in [5.74, 6) is 1.48. The first kappa shape index (κ1) is 18.3. The zero-order valence-electron chi connectivity index (χ0n) is 15.7. The number of anilines is 1. The second kappa shape index (κ2) is 7.38. The molecule has 0 unspecified atom stereocenters. The predicted molar refractivity (Wildman–Crippen MR) is 103 cm³/mol. The fourth-order valence-corrected chi connectivity index (χ4v) is 3.11. The van der Waals surface area contributed by atoms with Crippen molar-refractivity contribution in [2.75, 3.05) is 26.2 Å². The van der Waals surface area contributed by atoms with Crippen LogP contribution in [0.2, 0.25) is 0 Å². The van der Waals surface area contributed by atoms with Crippen molar-refractivity contribution in [3.8, 4) is 17.6 Å². The van der Waals surface area contributed by atoms with Gasteiger partial charge >= 0.3 is 0 Å². The van der Waals surface area contributed by atoms with Gasteiger partial charge in [0.2, 0.25) is 5.95 Å². The number of fused-ring (bicyclic) bond motifs is 1. The Morgan fingerprint density at radius 2 is 2.04 bits per heavy atom. The van der Waals surface area contributed by atoms with Gasteiger partial charge in [-0.15, -0.1) is 0 Å². The maximum atomic E-state index is 12.7. The van der Waals surface area contributed by atoms with Gasteiger partial charge < -0.3 is 14.4 Å². The van der Waals surface area contributed by atoms with Crippen molar-refractivity contribution in [2.24, 2.45) is 0 Å². The highest BCUT2D eigenvalue weighted by molar-refractivity contribution is 5.86. The molecule has 3 aromatic rings. The number of nitriles is 1. The maximum Gasteiger partial charge on any atom is 0.260 e. The van der Waals surface area contributed by atoms with E-state index < -0.39 is 0 Å². The number of nitrogens with zero attached hydrogens (tertiary/aromatic N) is 3. The standard InChI is InChI=1S/C20H20N4O3/c1-12-17-15(9-16(26-3)18(12)27-4)22-20(23-19(17)25)24(2)11-14-7-5-6-13(8-14)10-21/h5-9H,11H2,1-4H3,(H,22,23,25). The second-order valence-electron chi connectivity index (χ2n) is 6.19. The van der Waals surface area contributed by atoms with E-state index in [0.29, 0.717) is 46.0 Å². The monoisotopic (exact) mass is 364 g/mol. The lowest BCUT2D eigenvalue weighted by molar-refractivity contribution is 0.354. The molecular weight excluding hydrogens is 344 g/mol. The van der Waals surface area contributed by atoms with Crippen molar-refractivity contribution in [1.82, 2.24) is 9.97 Å². The molecule has 7 nitrogen and oxygen atoms in total. The molecule has 1 N–H and O–H groups in total. The molecule has 0 atom stereocenters. The second-order valence-corrected chi connectivity index (χ2v) is 6.19. The van der Waals surface area contributed by atoms with Gasteiger partial charge in [0.1, 0.15) is 0 Å². The minimum Gasteiger partial charge on any atom is -0.493 e. The summed E-state index contributed by atoms with van der Waals surface area (Å²) in [6.07, 6.45) is 0. The normalized spacial score (nSPS) is 10.5. The molecule has 2 aromatic carbocycles. The summed E-state index contributed by atoms with van der Waals surface area (Å²) in [6, 6.07) is 11.1. The lowest BCUT2D eigenvalue weighted by Crippen LogP contribution is -2.23. The third-order valence-electron chi connectivity index (χ3n) is 4.40. The minimum absolute atomic E-state index is 0.244. The third kappa shape index (κ3) is 3.42. The van der Waals surface area contributed by atoms with Gasteiger partial charge in [-0.1, -0.05) is 12.1 Å². The molecule has 27 heavy (non-hydrogen) atoms. The third-order valence-corrected chi connectivity index (χ3v) is 4.40. The summed E-state index contributed by atoms with van der Waals surface area (Å²) in [4.78, 5) is 21.9. The maximum absolute atomic E-state index is 12.7. The van der Waals surface area contributed by atoms with Gasteiger partial charge in [0.05, 0.1) is 36.8 Å². The summed E-state index contributed by atoms with van der Waals surface area (Å²) in [6.45, 7) is 2.30. The van der Waals surface area contributed by atoms with Gasteiger partial charge in [-0.25, -0.2) is 4.98 Å². The molecule has 0 saturated heterocycles. The van der Waals surface area contributed by atoms with E-state index in [1.807, 2.05) is 30.1 Å². The van der Waals surface area contributed by atoms with Gasteiger partial charge in [0.25, 0.3) is 5.56 Å². The fourth-order valence-electron chi connectivity index (χ4n) is 3.11.